The maximum absolute atomic E-state index is 13.0. The molecule has 1 fully saturated rings. The zero-order valence-corrected chi connectivity index (χ0v) is 17.6. The van der Waals surface area contributed by atoms with Crippen molar-refractivity contribution in [3.8, 4) is 5.75 Å². The standard InChI is InChI=1S/C24H29NO5/c1-3-28-21-13-11-19(12-14-21)17-24(22(26)29-4-2)15-8-16-25(24)23(27)30-18-20-9-6-5-7-10-20/h5-7,9-14H,3-4,8,15-18H2,1-2H3/t24-/m0/s1. The molecule has 1 aliphatic rings. The molecule has 1 amide bonds. The molecule has 30 heavy (non-hydrogen) atoms. The van der Waals surface area contributed by atoms with Crippen LogP contribution in [0.1, 0.15) is 37.8 Å². The normalized spacial score (nSPS) is 18.1. The van der Waals surface area contributed by atoms with Crippen molar-refractivity contribution in [2.45, 2.75) is 45.3 Å². The monoisotopic (exact) mass is 411 g/mol. The van der Waals surface area contributed by atoms with Gasteiger partial charge in [-0.25, -0.2) is 9.59 Å². The number of nitrogens with zero attached hydrogens (tertiary/aromatic N) is 1. The number of hydrogen-bond acceptors (Lipinski definition) is 5. The lowest BCUT2D eigenvalue weighted by atomic mass is 9.88. The van der Waals surface area contributed by atoms with Gasteiger partial charge in [-0.1, -0.05) is 42.5 Å². The van der Waals surface area contributed by atoms with Gasteiger partial charge in [-0.3, -0.25) is 4.90 Å². The van der Waals surface area contributed by atoms with Crippen molar-refractivity contribution in [1.29, 1.82) is 0 Å². The van der Waals surface area contributed by atoms with Gasteiger partial charge in [-0.15, -0.1) is 0 Å². The zero-order valence-electron chi connectivity index (χ0n) is 17.6. The van der Waals surface area contributed by atoms with Crippen LogP contribution in [0.25, 0.3) is 0 Å². The number of hydrogen-bond donors (Lipinski definition) is 0. The first-order valence-corrected chi connectivity index (χ1v) is 10.5. The van der Waals surface area contributed by atoms with E-state index < -0.39 is 11.6 Å². The summed E-state index contributed by atoms with van der Waals surface area (Å²) >= 11 is 0. The highest BCUT2D eigenvalue weighted by molar-refractivity contribution is 5.87. The maximum Gasteiger partial charge on any atom is 0.411 e. The number of carbonyl (C=O) groups is 2. The van der Waals surface area contributed by atoms with Crippen molar-refractivity contribution in [3.05, 3.63) is 65.7 Å². The molecule has 2 aromatic carbocycles. The Morgan fingerprint density at radius 3 is 2.33 bits per heavy atom. The number of benzene rings is 2. The number of esters is 1. The van der Waals surface area contributed by atoms with Crippen LogP contribution in [-0.4, -0.2) is 42.3 Å². The molecule has 0 unspecified atom stereocenters. The molecule has 0 aromatic heterocycles. The zero-order chi connectivity index (χ0) is 21.4. The van der Waals surface area contributed by atoms with Crippen LogP contribution in [0.3, 0.4) is 0 Å². The fraction of sp³-hybridized carbons (Fsp3) is 0.417. The van der Waals surface area contributed by atoms with Crippen LogP contribution >= 0.6 is 0 Å². The minimum Gasteiger partial charge on any atom is -0.494 e. The van der Waals surface area contributed by atoms with E-state index in [9.17, 15) is 9.59 Å². The second-order valence-corrected chi connectivity index (χ2v) is 7.30. The van der Waals surface area contributed by atoms with Gasteiger partial charge in [-0.2, -0.15) is 0 Å². The van der Waals surface area contributed by atoms with E-state index in [1.54, 1.807) is 11.8 Å². The molecule has 3 rings (SSSR count). The molecule has 1 heterocycles. The van der Waals surface area contributed by atoms with E-state index >= 15 is 0 Å². The van der Waals surface area contributed by atoms with Gasteiger partial charge in [0.1, 0.15) is 17.9 Å². The minimum absolute atomic E-state index is 0.165. The summed E-state index contributed by atoms with van der Waals surface area (Å²) in [5.74, 6) is 0.394. The van der Waals surface area contributed by atoms with Crippen LogP contribution in [-0.2, 0) is 27.3 Å². The van der Waals surface area contributed by atoms with Gasteiger partial charge in [0, 0.05) is 13.0 Å². The number of ether oxygens (including phenoxy) is 3. The molecule has 0 N–H and O–H groups in total. The molecule has 0 bridgehead atoms. The molecule has 1 aliphatic heterocycles. The maximum atomic E-state index is 13.0. The lowest BCUT2D eigenvalue weighted by molar-refractivity contribution is -0.155. The predicted octanol–water partition coefficient (Wildman–Crippen LogP) is 4.36. The van der Waals surface area contributed by atoms with Gasteiger partial charge < -0.3 is 14.2 Å². The molecule has 1 atom stereocenters. The first-order valence-electron chi connectivity index (χ1n) is 10.5. The highest BCUT2D eigenvalue weighted by Crippen LogP contribution is 2.35. The molecule has 0 radical (unpaired) electrons. The SMILES string of the molecule is CCOC(=O)[C@@]1(Cc2ccc(OCC)cc2)CCCN1C(=O)OCc1ccccc1. The Morgan fingerprint density at radius 2 is 1.67 bits per heavy atom. The molecule has 0 saturated carbocycles. The quantitative estimate of drug-likeness (QED) is 0.604. The van der Waals surface area contributed by atoms with Gasteiger partial charge in [0.25, 0.3) is 0 Å². The topological polar surface area (TPSA) is 65.1 Å². The van der Waals surface area contributed by atoms with Crippen molar-refractivity contribution in [2.75, 3.05) is 19.8 Å². The van der Waals surface area contributed by atoms with E-state index in [4.69, 9.17) is 14.2 Å². The fourth-order valence-corrected chi connectivity index (χ4v) is 3.88. The van der Waals surface area contributed by atoms with E-state index in [-0.39, 0.29) is 19.2 Å². The third-order valence-corrected chi connectivity index (χ3v) is 5.30. The van der Waals surface area contributed by atoms with Crippen molar-refractivity contribution in [2.24, 2.45) is 0 Å². The summed E-state index contributed by atoms with van der Waals surface area (Å²) < 4.78 is 16.4. The molecule has 6 heteroatoms. The Hall–Kier alpha value is -3.02. The van der Waals surface area contributed by atoms with Gasteiger partial charge in [0.05, 0.1) is 13.2 Å². The summed E-state index contributed by atoms with van der Waals surface area (Å²) in [6, 6.07) is 17.1. The molecular weight excluding hydrogens is 382 g/mol. The Balaban J connectivity index is 1.79. The molecule has 0 aliphatic carbocycles. The van der Waals surface area contributed by atoms with Gasteiger partial charge in [0.2, 0.25) is 0 Å². The van der Waals surface area contributed by atoms with Crippen LogP contribution in [0, 0.1) is 0 Å². The number of likely N-dealkylation sites (tertiary alicyclic amines) is 1. The lowest BCUT2D eigenvalue weighted by Crippen LogP contribution is -2.55. The van der Waals surface area contributed by atoms with Crippen LogP contribution in [0.4, 0.5) is 4.79 Å². The molecule has 0 spiro atoms. The molecule has 160 valence electrons. The Bertz CT molecular complexity index is 836. The Morgan fingerprint density at radius 1 is 0.933 bits per heavy atom. The fourth-order valence-electron chi connectivity index (χ4n) is 3.88. The summed E-state index contributed by atoms with van der Waals surface area (Å²) in [6.07, 6.45) is 1.14. The molecule has 2 aromatic rings. The van der Waals surface area contributed by atoms with Crippen molar-refractivity contribution in [3.63, 3.8) is 0 Å². The first-order chi connectivity index (χ1) is 14.6. The third kappa shape index (κ3) is 4.93. The van der Waals surface area contributed by atoms with E-state index in [2.05, 4.69) is 0 Å². The second-order valence-electron chi connectivity index (χ2n) is 7.30. The van der Waals surface area contributed by atoms with E-state index in [1.807, 2.05) is 61.5 Å². The summed E-state index contributed by atoms with van der Waals surface area (Å²) in [5.41, 5.74) is 0.782. The van der Waals surface area contributed by atoms with E-state index in [0.29, 0.717) is 26.0 Å². The lowest BCUT2D eigenvalue weighted by Gasteiger charge is -2.35. The summed E-state index contributed by atoms with van der Waals surface area (Å²) in [6.45, 7) is 5.18. The average Bonchev–Trinajstić information content (AvgIpc) is 3.19. The highest BCUT2D eigenvalue weighted by Gasteiger charge is 2.51. The van der Waals surface area contributed by atoms with Gasteiger partial charge >= 0.3 is 12.1 Å². The molecule has 1 saturated heterocycles. The first kappa shape index (κ1) is 21.7. The second kappa shape index (κ2) is 10.1. The van der Waals surface area contributed by atoms with Crippen LogP contribution in [0.15, 0.2) is 54.6 Å². The van der Waals surface area contributed by atoms with Crippen LogP contribution in [0.2, 0.25) is 0 Å². The van der Waals surface area contributed by atoms with E-state index in [0.717, 1.165) is 23.3 Å². The summed E-state index contributed by atoms with van der Waals surface area (Å²) in [7, 11) is 0. The van der Waals surface area contributed by atoms with Crippen molar-refractivity contribution >= 4 is 12.1 Å². The minimum atomic E-state index is -1.06. The smallest absolute Gasteiger partial charge is 0.411 e. The van der Waals surface area contributed by atoms with Crippen molar-refractivity contribution in [1.82, 2.24) is 4.90 Å². The average molecular weight is 411 g/mol. The number of carbonyl (C=O) groups excluding carboxylic acids is 2. The van der Waals surface area contributed by atoms with Gasteiger partial charge in [-0.05, 0) is 49.9 Å². The highest BCUT2D eigenvalue weighted by atomic mass is 16.6. The Kier molecular flexibility index (Phi) is 7.33. The van der Waals surface area contributed by atoms with Crippen LogP contribution < -0.4 is 4.74 Å². The van der Waals surface area contributed by atoms with Crippen LogP contribution in [0.5, 0.6) is 5.75 Å². The molecule has 6 nitrogen and oxygen atoms in total. The summed E-state index contributed by atoms with van der Waals surface area (Å²) in [4.78, 5) is 27.5. The summed E-state index contributed by atoms with van der Waals surface area (Å²) in [5, 5.41) is 0. The third-order valence-electron chi connectivity index (χ3n) is 5.30. The predicted molar refractivity (Wildman–Crippen MR) is 113 cm³/mol. The largest absolute Gasteiger partial charge is 0.494 e. The van der Waals surface area contributed by atoms with E-state index in [1.165, 1.54) is 0 Å². The Labute approximate surface area is 177 Å². The van der Waals surface area contributed by atoms with Gasteiger partial charge in [0.15, 0.2) is 0 Å². The number of rotatable bonds is 8. The number of amides is 1. The van der Waals surface area contributed by atoms with Crippen molar-refractivity contribution < 1.29 is 23.8 Å². The molecular formula is C24H29NO5.